The predicted molar refractivity (Wildman–Crippen MR) is 128 cm³/mol. The van der Waals surface area contributed by atoms with Gasteiger partial charge in [-0.1, -0.05) is 35.9 Å². The van der Waals surface area contributed by atoms with Gasteiger partial charge in [0.2, 0.25) is 0 Å². The summed E-state index contributed by atoms with van der Waals surface area (Å²) in [5, 5.41) is 13.8. The molecule has 1 aliphatic heterocycles. The number of rotatable bonds is 4. The maximum atomic E-state index is 15.3. The minimum Gasteiger partial charge on any atom is -0.481 e. The molecule has 1 saturated carbocycles. The molecule has 1 aromatic carbocycles. The van der Waals surface area contributed by atoms with Crippen LogP contribution >= 0.6 is 11.6 Å². The lowest BCUT2D eigenvalue weighted by atomic mass is 9.80. The van der Waals surface area contributed by atoms with Gasteiger partial charge in [0.05, 0.1) is 32.8 Å². The van der Waals surface area contributed by atoms with Crippen molar-refractivity contribution in [2.24, 2.45) is 5.41 Å². The van der Waals surface area contributed by atoms with Crippen LogP contribution in [-0.4, -0.2) is 51.4 Å². The third kappa shape index (κ3) is 4.01. The first-order valence-electron chi connectivity index (χ1n) is 11.8. The van der Waals surface area contributed by atoms with Crippen molar-refractivity contribution in [1.29, 1.82) is 0 Å². The third-order valence-electron chi connectivity index (χ3n) is 7.66. The molecule has 0 amide bonds. The first-order chi connectivity index (χ1) is 17.3. The summed E-state index contributed by atoms with van der Waals surface area (Å²) >= 11 is 6.33. The Balaban J connectivity index is 1.65. The summed E-state index contributed by atoms with van der Waals surface area (Å²) in [5.41, 5.74) is -2.72. The van der Waals surface area contributed by atoms with E-state index in [0.717, 1.165) is 4.68 Å². The molecule has 1 aromatic heterocycles. The van der Waals surface area contributed by atoms with Crippen molar-refractivity contribution < 1.29 is 32.3 Å². The Kier molecular flexibility index (Phi) is 5.91. The quantitative estimate of drug-likeness (QED) is 0.518. The molecule has 0 radical (unpaired) electrons. The second-order valence-electron chi connectivity index (χ2n) is 10.3. The highest BCUT2D eigenvalue weighted by Crippen LogP contribution is 2.60. The van der Waals surface area contributed by atoms with Gasteiger partial charge < -0.3 is 10.0 Å². The summed E-state index contributed by atoms with van der Waals surface area (Å²) in [5.74, 6) is -2.67. The van der Waals surface area contributed by atoms with E-state index in [4.69, 9.17) is 11.6 Å². The topological polar surface area (TPSA) is 75.4 Å². The normalized spacial score (nSPS) is 23.2. The number of carboxylic acid groups (broad SMARTS) is 1. The van der Waals surface area contributed by atoms with Crippen molar-refractivity contribution in [3.8, 4) is 0 Å². The molecule has 2 aromatic rings. The summed E-state index contributed by atoms with van der Waals surface area (Å²) in [6.45, 7) is 2.27. The van der Waals surface area contributed by atoms with Gasteiger partial charge in [-0.15, -0.1) is 0 Å². The average molecular weight is 538 g/mol. The molecule has 1 fully saturated rings. The van der Waals surface area contributed by atoms with Crippen LogP contribution < -0.4 is 0 Å². The largest absolute Gasteiger partial charge is 0.481 e. The molecule has 0 spiro atoms. The fourth-order valence-electron chi connectivity index (χ4n) is 5.20. The Morgan fingerprint density at radius 2 is 1.92 bits per heavy atom. The van der Waals surface area contributed by atoms with Crippen LogP contribution in [0.5, 0.6) is 0 Å². The maximum absolute atomic E-state index is 15.3. The van der Waals surface area contributed by atoms with Gasteiger partial charge in [-0.25, -0.2) is 4.39 Å². The summed E-state index contributed by atoms with van der Waals surface area (Å²) < 4.78 is 58.3. The Bertz CT molecular complexity index is 1390. The zero-order valence-corrected chi connectivity index (χ0v) is 20.9. The molecule has 1 unspecified atom stereocenters. The van der Waals surface area contributed by atoms with Crippen LogP contribution in [0.15, 0.2) is 36.2 Å². The number of allylic oxidation sites excluding steroid dienone is 3. The first kappa shape index (κ1) is 25.7. The van der Waals surface area contributed by atoms with Gasteiger partial charge in [0.15, 0.2) is 0 Å². The number of benzene rings is 1. The van der Waals surface area contributed by atoms with Gasteiger partial charge >= 0.3 is 12.1 Å². The Labute approximate surface area is 215 Å². The number of aromatic nitrogens is 2. The lowest BCUT2D eigenvalue weighted by Crippen LogP contribution is -2.33. The number of fused-ring (bicyclic) bond motifs is 1. The molecule has 0 bridgehead atoms. The van der Waals surface area contributed by atoms with Gasteiger partial charge in [0.25, 0.3) is 5.91 Å². The standard InChI is InChI=1S/C26H24ClF4N3O3/c1-24(23(36)37)8-6-14(18(28)12-24)21-15-7-11-33(2)13-19(15)34(32-21)22(35)20-16(4-3-5-17(20)27)25(9-10-25)26(29,30)31/h3-6,8H,7,9-13H2,1-2H3,(H,36,37). The van der Waals surface area contributed by atoms with E-state index in [1.165, 1.54) is 37.3 Å². The minimum atomic E-state index is -4.56. The minimum absolute atomic E-state index is 0.0689. The van der Waals surface area contributed by atoms with Gasteiger partial charge in [-0.3, -0.25) is 9.59 Å². The second kappa shape index (κ2) is 8.52. The molecule has 11 heteroatoms. The average Bonchev–Trinajstić information content (AvgIpc) is 3.56. The van der Waals surface area contributed by atoms with Crippen molar-refractivity contribution in [2.75, 3.05) is 13.6 Å². The smallest absolute Gasteiger partial charge is 0.398 e. The van der Waals surface area contributed by atoms with Gasteiger partial charge in [0.1, 0.15) is 5.83 Å². The third-order valence-corrected chi connectivity index (χ3v) is 7.97. The molecular weight excluding hydrogens is 514 g/mol. The van der Waals surface area contributed by atoms with Crippen LogP contribution in [-0.2, 0) is 23.2 Å². The molecule has 2 aliphatic carbocycles. The van der Waals surface area contributed by atoms with Crippen molar-refractivity contribution in [3.05, 3.63) is 69.3 Å². The van der Waals surface area contributed by atoms with Crippen molar-refractivity contribution in [3.63, 3.8) is 0 Å². The van der Waals surface area contributed by atoms with Gasteiger partial charge in [0, 0.05) is 30.6 Å². The van der Waals surface area contributed by atoms with Crippen LogP contribution in [0.3, 0.4) is 0 Å². The number of halogens is 5. The molecule has 37 heavy (non-hydrogen) atoms. The molecule has 3 aliphatic rings. The predicted octanol–water partition coefficient (Wildman–Crippen LogP) is 5.54. The maximum Gasteiger partial charge on any atom is 0.398 e. The number of carbonyl (C=O) groups is 2. The van der Waals surface area contributed by atoms with E-state index in [1.54, 1.807) is 0 Å². The van der Waals surface area contributed by atoms with E-state index in [1.807, 2.05) is 11.9 Å². The van der Waals surface area contributed by atoms with E-state index in [0.29, 0.717) is 24.2 Å². The fourth-order valence-corrected chi connectivity index (χ4v) is 5.45. The number of nitrogens with zero attached hydrogens (tertiary/aromatic N) is 3. The van der Waals surface area contributed by atoms with Crippen LogP contribution in [0.2, 0.25) is 5.02 Å². The molecule has 5 rings (SSSR count). The number of aliphatic carboxylic acids is 1. The lowest BCUT2D eigenvalue weighted by molar-refractivity contribution is -0.160. The molecule has 6 nitrogen and oxygen atoms in total. The van der Waals surface area contributed by atoms with E-state index >= 15 is 4.39 Å². The van der Waals surface area contributed by atoms with Gasteiger partial charge in [-0.05, 0) is 44.9 Å². The molecule has 1 N–H and O–H groups in total. The molecule has 196 valence electrons. The zero-order valence-electron chi connectivity index (χ0n) is 20.1. The second-order valence-corrected chi connectivity index (χ2v) is 10.7. The highest BCUT2D eigenvalue weighted by Gasteiger charge is 2.65. The highest BCUT2D eigenvalue weighted by atomic mass is 35.5. The summed E-state index contributed by atoms with van der Waals surface area (Å²) in [6, 6.07) is 4.04. The number of carboxylic acids is 1. The van der Waals surface area contributed by atoms with E-state index in [9.17, 15) is 27.9 Å². The Morgan fingerprint density at radius 3 is 2.51 bits per heavy atom. The zero-order chi connectivity index (χ0) is 26.9. The van der Waals surface area contributed by atoms with Crippen molar-refractivity contribution in [2.45, 2.75) is 50.7 Å². The van der Waals surface area contributed by atoms with Crippen molar-refractivity contribution in [1.82, 2.24) is 14.7 Å². The molecule has 1 atom stereocenters. The number of hydrogen-bond donors (Lipinski definition) is 1. The SMILES string of the molecule is CN1CCc2c(C3=C(F)CC(C)(C(=O)O)C=C3)nn(C(=O)c3c(Cl)cccc3C3(C(F)(F)F)CC3)c2C1. The molecule has 2 heterocycles. The summed E-state index contributed by atoms with van der Waals surface area (Å²) in [7, 11) is 1.83. The highest BCUT2D eigenvalue weighted by molar-refractivity contribution is 6.34. The fraction of sp³-hybridized carbons (Fsp3) is 0.423. The van der Waals surface area contributed by atoms with Crippen LogP contribution in [0.25, 0.3) is 5.57 Å². The summed E-state index contributed by atoms with van der Waals surface area (Å²) in [6.07, 6.45) is -2.06. The van der Waals surface area contributed by atoms with E-state index in [2.05, 4.69) is 5.10 Å². The number of likely N-dealkylation sites (N-methyl/N-ethyl adjacent to an activating group) is 1. The van der Waals surface area contributed by atoms with Crippen LogP contribution in [0.4, 0.5) is 17.6 Å². The molecule has 0 saturated heterocycles. The van der Waals surface area contributed by atoms with Crippen molar-refractivity contribution >= 4 is 29.1 Å². The van der Waals surface area contributed by atoms with Crippen LogP contribution in [0.1, 0.15) is 59.1 Å². The summed E-state index contributed by atoms with van der Waals surface area (Å²) in [4.78, 5) is 27.4. The lowest BCUT2D eigenvalue weighted by Gasteiger charge is -2.26. The van der Waals surface area contributed by atoms with Crippen LogP contribution in [0, 0.1) is 5.41 Å². The van der Waals surface area contributed by atoms with E-state index in [-0.39, 0.29) is 53.2 Å². The molecular formula is C26H24ClF4N3O3. The Morgan fingerprint density at radius 1 is 1.22 bits per heavy atom. The number of hydrogen-bond acceptors (Lipinski definition) is 4. The first-order valence-corrected chi connectivity index (χ1v) is 12.2. The van der Waals surface area contributed by atoms with E-state index < -0.39 is 34.7 Å². The van der Waals surface area contributed by atoms with Gasteiger partial charge in [-0.2, -0.15) is 23.0 Å². The monoisotopic (exact) mass is 537 g/mol. The number of carbonyl (C=O) groups excluding carboxylic acids is 1. The Hall–Kier alpha value is -2.98. The number of alkyl halides is 3.